The van der Waals surface area contributed by atoms with E-state index >= 15 is 0 Å². The van der Waals surface area contributed by atoms with Crippen molar-refractivity contribution in [2.45, 2.75) is 89.4 Å². The first-order valence-electron chi connectivity index (χ1n) is 12.1. The van der Waals surface area contributed by atoms with Gasteiger partial charge in [0.2, 0.25) is 5.12 Å². The van der Waals surface area contributed by atoms with Gasteiger partial charge in [0.15, 0.2) is 5.16 Å². The molecule has 0 aliphatic heterocycles. The van der Waals surface area contributed by atoms with Gasteiger partial charge in [-0.3, -0.25) is 9.59 Å². The average molecular weight is 482 g/mol. The fourth-order valence-corrected chi connectivity index (χ4v) is 4.58. The Morgan fingerprint density at radius 1 is 0.912 bits per heavy atom. The number of hydrogen-bond acceptors (Lipinski definition) is 6. The molecule has 0 amide bonds. The quantitative estimate of drug-likeness (QED) is 0.122. The normalized spacial score (nSPS) is 11.6. The van der Waals surface area contributed by atoms with Crippen LogP contribution in [-0.2, 0) is 16.1 Å². The second kappa shape index (κ2) is 12.7. The van der Waals surface area contributed by atoms with Crippen LogP contribution in [0.2, 0.25) is 0 Å². The molecule has 0 unspecified atom stereocenters. The fourth-order valence-electron chi connectivity index (χ4n) is 3.91. The minimum absolute atomic E-state index is 0.0348. The van der Waals surface area contributed by atoms with Gasteiger partial charge >= 0.3 is 5.97 Å². The zero-order valence-electron chi connectivity index (χ0n) is 20.5. The van der Waals surface area contributed by atoms with Crippen LogP contribution in [0.5, 0.6) is 0 Å². The second-order valence-electron chi connectivity index (χ2n) is 9.47. The number of fused-ring (bicyclic) bond motifs is 1. The van der Waals surface area contributed by atoms with E-state index in [2.05, 4.69) is 20.6 Å². The number of ether oxygens (including phenoxy) is 1. The molecule has 3 rings (SSSR count). The molecule has 0 saturated carbocycles. The van der Waals surface area contributed by atoms with Gasteiger partial charge in [0, 0.05) is 36.3 Å². The molecule has 0 aliphatic carbocycles. The maximum absolute atomic E-state index is 13.0. The van der Waals surface area contributed by atoms with Crippen molar-refractivity contribution in [1.29, 1.82) is 0 Å². The standard InChI is InChI=1S/C27H35N3O3S/c1-27(2,3)33-24(31)16-9-7-5-4-6-8-12-19-30-22-15-11-10-14-21(22)20-23(30)25(32)34-26-28-17-13-18-29-26/h10-11,13-15,17-18,20H,4-9,12,16,19H2,1-3H3. The van der Waals surface area contributed by atoms with Crippen LogP contribution < -0.4 is 0 Å². The van der Waals surface area contributed by atoms with E-state index in [-0.39, 0.29) is 11.1 Å². The summed E-state index contributed by atoms with van der Waals surface area (Å²) in [6.07, 6.45) is 11.3. The number of carbonyl (C=O) groups excluding carboxylic acids is 2. The summed E-state index contributed by atoms with van der Waals surface area (Å²) in [6, 6.07) is 11.8. The maximum atomic E-state index is 13.0. The summed E-state index contributed by atoms with van der Waals surface area (Å²) >= 11 is 1.07. The third-order valence-electron chi connectivity index (χ3n) is 5.43. The van der Waals surface area contributed by atoms with Crippen LogP contribution in [0.3, 0.4) is 0 Å². The Hall–Kier alpha value is -2.67. The number of nitrogens with zero attached hydrogens (tertiary/aromatic N) is 3. The van der Waals surface area contributed by atoms with Gasteiger partial charge < -0.3 is 9.30 Å². The smallest absolute Gasteiger partial charge is 0.306 e. The maximum Gasteiger partial charge on any atom is 0.306 e. The first kappa shape index (κ1) is 25.9. The van der Waals surface area contributed by atoms with E-state index in [1.54, 1.807) is 18.5 Å². The summed E-state index contributed by atoms with van der Waals surface area (Å²) in [6.45, 7) is 6.51. The Kier molecular flexibility index (Phi) is 9.69. The van der Waals surface area contributed by atoms with E-state index in [1.807, 2.05) is 45.0 Å². The minimum Gasteiger partial charge on any atom is -0.460 e. The van der Waals surface area contributed by atoms with Crippen LogP contribution in [0, 0.1) is 0 Å². The van der Waals surface area contributed by atoms with E-state index < -0.39 is 5.60 Å². The fraction of sp³-hybridized carbons (Fsp3) is 0.481. The highest BCUT2D eigenvalue weighted by molar-refractivity contribution is 8.14. The van der Waals surface area contributed by atoms with Crippen molar-refractivity contribution in [2.24, 2.45) is 0 Å². The van der Waals surface area contributed by atoms with Gasteiger partial charge in [-0.15, -0.1) is 0 Å². The molecule has 7 heteroatoms. The number of aryl methyl sites for hydroxylation is 1. The first-order chi connectivity index (χ1) is 16.3. The van der Waals surface area contributed by atoms with Crippen molar-refractivity contribution >= 4 is 33.7 Å². The summed E-state index contributed by atoms with van der Waals surface area (Å²) in [4.78, 5) is 33.1. The van der Waals surface area contributed by atoms with Crippen LogP contribution in [0.25, 0.3) is 10.9 Å². The molecule has 0 saturated heterocycles. The number of rotatable bonds is 12. The van der Waals surface area contributed by atoms with Gasteiger partial charge in [0.05, 0.1) is 5.69 Å². The van der Waals surface area contributed by atoms with E-state index in [0.29, 0.717) is 17.3 Å². The van der Waals surface area contributed by atoms with Crippen molar-refractivity contribution in [3.8, 4) is 0 Å². The SMILES string of the molecule is CC(C)(C)OC(=O)CCCCCCCCCn1c(C(=O)Sc2ncccn2)cc2ccccc21. The van der Waals surface area contributed by atoms with Gasteiger partial charge in [-0.25, -0.2) is 9.97 Å². The molecule has 0 aliphatic rings. The highest BCUT2D eigenvalue weighted by Gasteiger charge is 2.18. The third-order valence-corrected chi connectivity index (χ3v) is 6.22. The summed E-state index contributed by atoms with van der Waals surface area (Å²) < 4.78 is 7.48. The molecular formula is C27H35N3O3S. The van der Waals surface area contributed by atoms with E-state index in [9.17, 15) is 9.59 Å². The summed E-state index contributed by atoms with van der Waals surface area (Å²) in [5.74, 6) is -0.103. The lowest BCUT2D eigenvalue weighted by Gasteiger charge is -2.19. The van der Waals surface area contributed by atoms with Gasteiger partial charge in [-0.05, 0) is 63.6 Å². The van der Waals surface area contributed by atoms with Crippen LogP contribution in [0.1, 0.15) is 82.6 Å². The number of aromatic nitrogens is 3. The zero-order chi connectivity index (χ0) is 24.4. The van der Waals surface area contributed by atoms with Crippen LogP contribution in [0.4, 0.5) is 0 Å². The highest BCUT2D eigenvalue weighted by atomic mass is 32.2. The lowest BCUT2D eigenvalue weighted by molar-refractivity contribution is -0.154. The molecule has 0 radical (unpaired) electrons. The predicted molar refractivity (Wildman–Crippen MR) is 137 cm³/mol. The number of para-hydroxylation sites is 1. The molecule has 6 nitrogen and oxygen atoms in total. The lowest BCUT2D eigenvalue weighted by Crippen LogP contribution is -2.23. The van der Waals surface area contributed by atoms with Crippen molar-refractivity contribution in [1.82, 2.24) is 14.5 Å². The Labute approximate surface area is 206 Å². The molecule has 0 spiro atoms. The van der Waals surface area contributed by atoms with Gasteiger partial charge in [0.1, 0.15) is 5.60 Å². The number of benzene rings is 1. The minimum atomic E-state index is -0.402. The molecule has 2 aromatic heterocycles. The van der Waals surface area contributed by atoms with E-state index in [4.69, 9.17) is 4.74 Å². The van der Waals surface area contributed by atoms with Crippen LogP contribution >= 0.6 is 11.8 Å². The number of carbonyl (C=O) groups is 2. The molecule has 0 N–H and O–H groups in total. The largest absolute Gasteiger partial charge is 0.460 e. The van der Waals surface area contributed by atoms with Crippen LogP contribution in [-0.4, -0.2) is 31.2 Å². The number of hydrogen-bond donors (Lipinski definition) is 0. The molecular weight excluding hydrogens is 446 g/mol. The van der Waals surface area contributed by atoms with Crippen molar-refractivity contribution in [2.75, 3.05) is 0 Å². The Bertz CT molecular complexity index is 1070. The molecule has 0 atom stereocenters. The molecule has 1 aromatic carbocycles. The van der Waals surface area contributed by atoms with Gasteiger partial charge in [-0.1, -0.05) is 50.3 Å². The Balaban J connectivity index is 1.43. The van der Waals surface area contributed by atoms with E-state index in [0.717, 1.165) is 74.2 Å². The summed E-state index contributed by atoms with van der Waals surface area (Å²) in [5, 5.41) is 1.51. The lowest BCUT2D eigenvalue weighted by atomic mass is 10.1. The van der Waals surface area contributed by atoms with Gasteiger partial charge in [-0.2, -0.15) is 0 Å². The first-order valence-corrected chi connectivity index (χ1v) is 12.9. The van der Waals surface area contributed by atoms with Crippen molar-refractivity contribution in [3.05, 3.63) is 54.5 Å². The molecule has 182 valence electrons. The Morgan fingerprint density at radius 2 is 1.56 bits per heavy atom. The summed E-state index contributed by atoms with van der Waals surface area (Å²) in [7, 11) is 0. The monoisotopic (exact) mass is 481 g/mol. The van der Waals surface area contributed by atoms with Crippen molar-refractivity contribution < 1.29 is 14.3 Å². The van der Waals surface area contributed by atoms with Gasteiger partial charge in [0.25, 0.3) is 0 Å². The second-order valence-corrected chi connectivity index (χ2v) is 10.4. The van der Waals surface area contributed by atoms with E-state index in [1.165, 1.54) is 0 Å². The Morgan fingerprint density at radius 3 is 2.26 bits per heavy atom. The average Bonchev–Trinajstić information content (AvgIpc) is 3.16. The molecule has 0 bridgehead atoms. The molecule has 0 fully saturated rings. The predicted octanol–water partition coefficient (Wildman–Crippen LogP) is 6.83. The zero-order valence-corrected chi connectivity index (χ0v) is 21.3. The van der Waals surface area contributed by atoms with Crippen LogP contribution in [0.15, 0.2) is 53.9 Å². The highest BCUT2D eigenvalue weighted by Crippen LogP contribution is 2.26. The molecule has 34 heavy (non-hydrogen) atoms. The molecule has 3 aromatic rings. The number of thioether (sulfide) groups is 1. The summed E-state index contributed by atoms with van der Waals surface area (Å²) in [5.41, 5.74) is 1.38. The number of unbranched alkanes of at least 4 members (excludes halogenated alkanes) is 6. The third kappa shape index (κ3) is 8.28. The topological polar surface area (TPSA) is 74.1 Å². The molecule has 2 heterocycles. The number of esters is 1. The van der Waals surface area contributed by atoms with Crippen molar-refractivity contribution in [3.63, 3.8) is 0 Å².